The molecule has 0 heterocycles. The van der Waals surface area contributed by atoms with E-state index >= 15 is 0 Å². The van der Waals surface area contributed by atoms with Gasteiger partial charge >= 0.3 is 6.09 Å². The molecule has 1 amide bonds. The zero-order valence-electron chi connectivity index (χ0n) is 14.8. The first-order valence-corrected chi connectivity index (χ1v) is 7.91. The first-order valence-electron chi connectivity index (χ1n) is 7.91. The van der Waals surface area contributed by atoms with Crippen LogP contribution < -0.4 is 5.43 Å². The standard InChI is InChI=1S/C17H25FN2O5/c1-5-24-15(22)14(19-20-16(23)25-17(2,3)4)13(21)10-11-6-8-12(18)9-7-11/h6-9,13,15,21-22H,5,10H2,1-4H3,(H,20,23)/b19-14+. The van der Waals surface area contributed by atoms with Crippen LogP contribution in [-0.2, 0) is 15.9 Å². The van der Waals surface area contributed by atoms with Crippen molar-refractivity contribution in [1.82, 2.24) is 5.43 Å². The quantitative estimate of drug-likeness (QED) is 0.394. The number of nitrogens with zero attached hydrogens (tertiary/aromatic N) is 1. The molecule has 0 aromatic heterocycles. The molecule has 8 heteroatoms. The molecule has 2 atom stereocenters. The number of hydrogen-bond donors (Lipinski definition) is 3. The number of rotatable bonds is 7. The van der Waals surface area contributed by atoms with Gasteiger partial charge in [-0.1, -0.05) is 12.1 Å². The lowest BCUT2D eigenvalue weighted by molar-refractivity contribution is -0.0499. The maximum Gasteiger partial charge on any atom is 0.428 e. The van der Waals surface area contributed by atoms with Crippen LogP contribution in [0.15, 0.2) is 29.4 Å². The maximum absolute atomic E-state index is 12.9. The summed E-state index contributed by atoms with van der Waals surface area (Å²) in [6.45, 7) is 6.91. The van der Waals surface area contributed by atoms with Crippen LogP contribution in [0.5, 0.6) is 0 Å². The Hall–Kier alpha value is -2.03. The smallest absolute Gasteiger partial charge is 0.428 e. The fourth-order valence-corrected chi connectivity index (χ4v) is 1.90. The van der Waals surface area contributed by atoms with Crippen molar-refractivity contribution in [1.29, 1.82) is 0 Å². The second kappa shape index (κ2) is 9.45. The zero-order chi connectivity index (χ0) is 19.0. The molecule has 1 aromatic carbocycles. The van der Waals surface area contributed by atoms with Gasteiger partial charge in [0.05, 0.1) is 0 Å². The molecule has 1 aromatic rings. The number of halogens is 1. The minimum atomic E-state index is -1.50. The van der Waals surface area contributed by atoms with Crippen molar-refractivity contribution < 1.29 is 28.9 Å². The molecular formula is C17H25FN2O5. The van der Waals surface area contributed by atoms with Crippen LogP contribution in [0.1, 0.15) is 33.3 Å². The Morgan fingerprint density at radius 3 is 2.40 bits per heavy atom. The highest BCUT2D eigenvalue weighted by atomic mass is 19.1. The van der Waals surface area contributed by atoms with Gasteiger partial charge < -0.3 is 19.7 Å². The van der Waals surface area contributed by atoms with Gasteiger partial charge in [-0.15, -0.1) is 0 Å². The Kier molecular flexibility index (Phi) is 7.95. The average molecular weight is 356 g/mol. The molecule has 25 heavy (non-hydrogen) atoms. The van der Waals surface area contributed by atoms with Crippen molar-refractivity contribution >= 4 is 11.8 Å². The van der Waals surface area contributed by atoms with Crippen molar-refractivity contribution in [3.05, 3.63) is 35.6 Å². The van der Waals surface area contributed by atoms with E-state index in [0.29, 0.717) is 5.56 Å². The van der Waals surface area contributed by atoms with Crippen LogP contribution in [0, 0.1) is 5.82 Å². The summed E-state index contributed by atoms with van der Waals surface area (Å²) in [6, 6.07) is 5.53. The van der Waals surface area contributed by atoms with Gasteiger partial charge in [0.15, 0.2) is 6.29 Å². The monoisotopic (exact) mass is 356 g/mol. The van der Waals surface area contributed by atoms with E-state index < -0.39 is 29.9 Å². The summed E-state index contributed by atoms with van der Waals surface area (Å²) >= 11 is 0. The number of aliphatic hydroxyl groups excluding tert-OH is 2. The number of nitrogens with one attached hydrogen (secondary N) is 1. The van der Waals surface area contributed by atoms with Crippen LogP contribution in [0.3, 0.4) is 0 Å². The highest BCUT2D eigenvalue weighted by Gasteiger charge is 2.24. The second-order valence-corrected chi connectivity index (χ2v) is 6.30. The van der Waals surface area contributed by atoms with Gasteiger partial charge in [-0.3, -0.25) is 0 Å². The molecule has 3 N–H and O–H groups in total. The molecule has 0 spiro atoms. The summed E-state index contributed by atoms with van der Waals surface area (Å²) < 4.78 is 23.0. The van der Waals surface area contributed by atoms with Crippen LogP contribution in [0.25, 0.3) is 0 Å². The van der Waals surface area contributed by atoms with Crippen LogP contribution in [0.2, 0.25) is 0 Å². The van der Waals surface area contributed by atoms with E-state index in [2.05, 4.69) is 10.5 Å². The van der Waals surface area contributed by atoms with Gasteiger partial charge in [-0.05, 0) is 45.4 Å². The van der Waals surface area contributed by atoms with Crippen molar-refractivity contribution in [3.8, 4) is 0 Å². The summed E-state index contributed by atoms with van der Waals surface area (Å²) in [5, 5.41) is 24.0. The highest BCUT2D eigenvalue weighted by molar-refractivity contribution is 5.92. The van der Waals surface area contributed by atoms with E-state index in [1.54, 1.807) is 27.7 Å². The SMILES string of the molecule is CCOC(O)/C(=N/NC(=O)OC(C)(C)C)C(O)Cc1ccc(F)cc1. The number of hydrazone groups is 1. The minimum Gasteiger partial charge on any atom is -0.443 e. The van der Waals surface area contributed by atoms with Crippen molar-refractivity contribution in [2.75, 3.05) is 6.61 Å². The third-order valence-corrected chi connectivity index (χ3v) is 2.94. The van der Waals surface area contributed by atoms with Crippen LogP contribution in [-0.4, -0.2) is 46.6 Å². The first kappa shape index (κ1) is 21.0. The molecule has 0 fully saturated rings. The van der Waals surface area contributed by atoms with Crippen LogP contribution in [0.4, 0.5) is 9.18 Å². The van der Waals surface area contributed by atoms with E-state index in [0.717, 1.165) is 0 Å². The zero-order valence-corrected chi connectivity index (χ0v) is 14.8. The average Bonchev–Trinajstić information content (AvgIpc) is 2.48. The third-order valence-electron chi connectivity index (χ3n) is 2.94. The Labute approximate surface area is 146 Å². The number of aliphatic hydroxyl groups is 2. The molecule has 0 saturated carbocycles. The second-order valence-electron chi connectivity index (χ2n) is 6.30. The lowest BCUT2D eigenvalue weighted by Crippen LogP contribution is -2.39. The Bertz CT molecular complexity index is 584. The van der Waals surface area contributed by atoms with Gasteiger partial charge in [0.25, 0.3) is 0 Å². The minimum absolute atomic E-state index is 0.0548. The van der Waals surface area contributed by atoms with E-state index in [1.165, 1.54) is 24.3 Å². The molecule has 140 valence electrons. The molecule has 7 nitrogen and oxygen atoms in total. The molecule has 0 aliphatic rings. The lowest BCUT2D eigenvalue weighted by atomic mass is 10.0. The molecular weight excluding hydrogens is 331 g/mol. The predicted octanol–water partition coefficient (Wildman–Crippen LogP) is 1.96. The summed E-state index contributed by atoms with van der Waals surface area (Å²) in [5.74, 6) is -0.395. The van der Waals surface area contributed by atoms with E-state index in [9.17, 15) is 19.4 Å². The highest BCUT2D eigenvalue weighted by Crippen LogP contribution is 2.10. The van der Waals surface area contributed by atoms with Gasteiger partial charge in [0.1, 0.15) is 23.2 Å². The first-order chi connectivity index (χ1) is 11.6. The van der Waals surface area contributed by atoms with E-state index in [4.69, 9.17) is 9.47 Å². The predicted molar refractivity (Wildman–Crippen MR) is 90.5 cm³/mol. The van der Waals surface area contributed by atoms with E-state index in [1.807, 2.05) is 0 Å². The van der Waals surface area contributed by atoms with Crippen molar-refractivity contribution in [3.63, 3.8) is 0 Å². The summed E-state index contributed by atoms with van der Waals surface area (Å²) in [5.41, 5.74) is 1.85. The fourth-order valence-electron chi connectivity index (χ4n) is 1.90. The summed E-state index contributed by atoms with van der Waals surface area (Å²) in [4.78, 5) is 11.7. The number of ether oxygens (including phenoxy) is 2. The van der Waals surface area contributed by atoms with Gasteiger partial charge in [0, 0.05) is 13.0 Å². The molecule has 0 radical (unpaired) electrons. The Morgan fingerprint density at radius 2 is 1.88 bits per heavy atom. The normalized spacial score (nSPS) is 14.8. The van der Waals surface area contributed by atoms with Gasteiger partial charge in [-0.2, -0.15) is 5.10 Å². The number of amides is 1. The summed E-state index contributed by atoms with van der Waals surface area (Å²) in [6.07, 6.45) is -3.53. The molecule has 0 bridgehead atoms. The lowest BCUT2D eigenvalue weighted by Gasteiger charge is -2.21. The Balaban J connectivity index is 2.85. The van der Waals surface area contributed by atoms with Crippen molar-refractivity contribution in [2.24, 2.45) is 5.10 Å². The molecule has 0 aliphatic carbocycles. The summed E-state index contributed by atoms with van der Waals surface area (Å²) in [7, 11) is 0. The van der Waals surface area contributed by atoms with Gasteiger partial charge in [0.2, 0.25) is 0 Å². The fraction of sp³-hybridized carbons (Fsp3) is 0.529. The topological polar surface area (TPSA) is 100 Å². The van der Waals surface area contributed by atoms with Crippen LogP contribution >= 0.6 is 0 Å². The maximum atomic E-state index is 12.9. The third kappa shape index (κ3) is 8.06. The molecule has 2 unspecified atom stereocenters. The van der Waals surface area contributed by atoms with Gasteiger partial charge in [-0.25, -0.2) is 14.6 Å². The number of carbonyl (C=O) groups is 1. The molecule has 0 saturated heterocycles. The number of carbonyl (C=O) groups excluding carboxylic acids is 1. The number of benzene rings is 1. The van der Waals surface area contributed by atoms with E-state index in [-0.39, 0.29) is 18.7 Å². The Morgan fingerprint density at radius 1 is 1.28 bits per heavy atom. The van der Waals surface area contributed by atoms with Crippen molar-refractivity contribution in [2.45, 2.75) is 52.1 Å². The molecule has 1 rings (SSSR count). The molecule has 0 aliphatic heterocycles. The number of hydrogen-bond acceptors (Lipinski definition) is 6. The largest absolute Gasteiger partial charge is 0.443 e.